The summed E-state index contributed by atoms with van der Waals surface area (Å²) in [5.41, 5.74) is 0.960. The van der Waals surface area contributed by atoms with Crippen LogP contribution in [0.25, 0.3) is 0 Å². The number of hydrogen-bond acceptors (Lipinski definition) is 6. The predicted molar refractivity (Wildman–Crippen MR) is 73.8 cm³/mol. The molecule has 2 heterocycles. The van der Waals surface area contributed by atoms with Gasteiger partial charge in [-0.3, -0.25) is 4.79 Å². The highest BCUT2D eigenvalue weighted by Gasteiger charge is 2.25. The van der Waals surface area contributed by atoms with Gasteiger partial charge in [0.15, 0.2) is 11.6 Å². The van der Waals surface area contributed by atoms with Crippen molar-refractivity contribution in [1.82, 2.24) is 15.0 Å². The first-order valence-corrected chi connectivity index (χ1v) is 6.83. The highest BCUT2D eigenvalue weighted by atomic mass is 16.5. The number of anilines is 1. The lowest BCUT2D eigenvalue weighted by Crippen LogP contribution is -2.15. The average Bonchev–Trinajstić information content (AvgIpc) is 2.87. The van der Waals surface area contributed by atoms with Gasteiger partial charge >= 0.3 is 0 Å². The molecule has 0 aromatic carbocycles. The van der Waals surface area contributed by atoms with Crippen molar-refractivity contribution < 1.29 is 13.9 Å². The van der Waals surface area contributed by atoms with E-state index < -0.39 is 0 Å². The van der Waals surface area contributed by atoms with Gasteiger partial charge in [-0.1, -0.05) is 6.42 Å². The minimum absolute atomic E-state index is 0.267. The van der Waals surface area contributed by atoms with Gasteiger partial charge in [-0.05, 0) is 12.8 Å². The lowest BCUT2D eigenvalue weighted by molar-refractivity contribution is 0.102. The molecule has 21 heavy (non-hydrogen) atoms. The SMILES string of the molecule is COCc1cc(NC(=O)c2coc(C3CCC3)n2)ncn1. The minimum atomic E-state index is -0.341. The molecule has 7 nitrogen and oxygen atoms in total. The number of amides is 1. The zero-order valence-corrected chi connectivity index (χ0v) is 11.7. The fourth-order valence-corrected chi connectivity index (χ4v) is 2.11. The van der Waals surface area contributed by atoms with Crippen LogP contribution in [0.3, 0.4) is 0 Å². The lowest BCUT2D eigenvalue weighted by Gasteiger charge is -2.21. The molecule has 110 valence electrons. The Kier molecular flexibility index (Phi) is 3.92. The van der Waals surface area contributed by atoms with Gasteiger partial charge in [-0.2, -0.15) is 0 Å². The van der Waals surface area contributed by atoms with Gasteiger partial charge < -0.3 is 14.5 Å². The maximum atomic E-state index is 12.1. The fraction of sp³-hybridized carbons (Fsp3) is 0.429. The van der Waals surface area contributed by atoms with Crippen molar-refractivity contribution in [2.24, 2.45) is 0 Å². The fourth-order valence-electron chi connectivity index (χ4n) is 2.11. The minimum Gasteiger partial charge on any atom is -0.448 e. The molecule has 2 aromatic rings. The molecule has 0 bridgehead atoms. The summed E-state index contributed by atoms with van der Waals surface area (Å²) in [5, 5.41) is 2.68. The number of carbonyl (C=O) groups is 1. The molecule has 1 saturated carbocycles. The maximum Gasteiger partial charge on any atom is 0.278 e. The standard InChI is InChI=1S/C14H16N4O3/c1-20-6-10-5-12(16-8-15-10)18-13(19)11-7-21-14(17-11)9-3-2-4-9/h5,7-9H,2-4,6H2,1H3,(H,15,16,18,19). The van der Waals surface area contributed by atoms with Gasteiger partial charge in [0.2, 0.25) is 0 Å². The van der Waals surface area contributed by atoms with Crippen molar-refractivity contribution in [3.8, 4) is 0 Å². The van der Waals surface area contributed by atoms with Crippen LogP contribution in [0.15, 0.2) is 23.1 Å². The van der Waals surface area contributed by atoms with Crippen LogP contribution in [0.4, 0.5) is 5.82 Å². The second-order valence-corrected chi connectivity index (χ2v) is 4.98. The van der Waals surface area contributed by atoms with Crippen LogP contribution in [-0.2, 0) is 11.3 Å². The maximum absolute atomic E-state index is 12.1. The van der Waals surface area contributed by atoms with Crippen LogP contribution in [0, 0.1) is 0 Å². The molecule has 0 unspecified atom stereocenters. The largest absolute Gasteiger partial charge is 0.448 e. The first kappa shape index (κ1) is 13.7. The third-order valence-electron chi connectivity index (χ3n) is 3.47. The first-order chi connectivity index (χ1) is 10.3. The molecule has 3 rings (SSSR count). The summed E-state index contributed by atoms with van der Waals surface area (Å²) < 4.78 is 10.4. The monoisotopic (exact) mass is 288 g/mol. The molecule has 0 radical (unpaired) electrons. The third kappa shape index (κ3) is 3.08. The highest BCUT2D eigenvalue weighted by Crippen LogP contribution is 2.35. The topological polar surface area (TPSA) is 90.1 Å². The van der Waals surface area contributed by atoms with E-state index in [9.17, 15) is 4.79 Å². The van der Waals surface area contributed by atoms with Crippen molar-refractivity contribution >= 4 is 11.7 Å². The number of ether oxygens (including phenoxy) is 1. The van der Waals surface area contributed by atoms with Gasteiger partial charge in [-0.15, -0.1) is 0 Å². The molecule has 0 spiro atoms. The van der Waals surface area contributed by atoms with Crippen LogP contribution in [0.2, 0.25) is 0 Å². The second-order valence-electron chi connectivity index (χ2n) is 4.98. The van der Waals surface area contributed by atoms with Crippen LogP contribution >= 0.6 is 0 Å². The number of nitrogens with one attached hydrogen (secondary N) is 1. The van der Waals surface area contributed by atoms with Gasteiger partial charge in [0.05, 0.1) is 12.3 Å². The van der Waals surface area contributed by atoms with Gasteiger partial charge in [0.25, 0.3) is 5.91 Å². The summed E-state index contributed by atoms with van der Waals surface area (Å²) >= 11 is 0. The molecule has 1 aliphatic rings. The molecular formula is C14H16N4O3. The molecule has 0 atom stereocenters. The number of aromatic nitrogens is 3. The van der Waals surface area contributed by atoms with Crippen LogP contribution in [0.1, 0.15) is 47.3 Å². The van der Waals surface area contributed by atoms with Crippen molar-refractivity contribution in [1.29, 1.82) is 0 Å². The van der Waals surface area contributed by atoms with E-state index >= 15 is 0 Å². The summed E-state index contributed by atoms with van der Waals surface area (Å²) in [4.78, 5) is 24.4. The number of rotatable bonds is 5. The Morgan fingerprint density at radius 2 is 2.33 bits per heavy atom. The molecule has 2 aromatic heterocycles. The van der Waals surface area contributed by atoms with E-state index in [2.05, 4.69) is 20.3 Å². The molecule has 0 saturated heterocycles. The Morgan fingerprint density at radius 1 is 1.48 bits per heavy atom. The van der Waals surface area contributed by atoms with Crippen molar-refractivity contribution in [3.05, 3.63) is 35.9 Å². The van der Waals surface area contributed by atoms with Gasteiger partial charge in [-0.25, -0.2) is 15.0 Å². The summed E-state index contributed by atoms with van der Waals surface area (Å²) in [6.45, 7) is 0.362. The molecule has 0 aliphatic heterocycles. The van der Waals surface area contributed by atoms with Crippen LogP contribution < -0.4 is 5.32 Å². The zero-order valence-electron chi connectivity index (χ0n) is 11.7. The molecular weight excluding hydrogens is 272 g/mol. The van der Waals surface area contributed by atoms with Crippen molar-refractivity contribution in [2.75, 3.05) is 12.4 Å². The van der Waals surface area contributed by atoms with E-state index in [1.807, 2.05) is 0 Å². The number of hydrogen-bond donors (Lipinski definition) is 1. The summed E-state index contributed by atoms with van der Waals surface area (Å²) in [6, 6.07) is 1.66. The van der Waals surface area contributed by atoms with Crippen molar-refractivity contribution in [3.63, 3.8) is 0 Å². The molecule has 1 fully saturated rings. The van der Waals surface area contributed by atoms with E-state index in [-0.39, 0.29) is 11.6 Å². The smallest absolute Gasteiger partial charge is 0.278 e. The predicted octanol–water partition coefficient (Wildman–Crippen LogP) is 2.13. The summed E-state index contributed by atoms with van der Waals surface area (Å²) in [5.74, 6) is 1.08. The van der Waals surface area contributed by atoms with Gasteiger partial charge in [0.1, 0.15) is 18.4 Å². The van der Waals surface area contributed by atoms with Gasteiger partial charge in [0, 0.05) is 19.1 Å². The summed E-state index contributed by atoms with van der Waals surface area (Å²) in [6.07, 6.45) is 6.12. The normalized spacial score (nSPS) is 14.7. The number of oxazole rings is 1. The Hall–Kier alpha value is -2.28. The molecule has 7 heteroatoms. The van der Waals surface area contributed by atoms with E-state index in [4.69, 9.17) is 9.15 Å². The third-order valence-corrected chi connectivity index (χ3v) is 3.47. The molecule has 1 N–H and O–H groups in total. The highest BCUT2D eigenvalue weighted by molar-refractivity contribution is 6.02. The Bertz CT molecular complexity index is 637. The molecule has 1 aliphatic carbocycles. The lowest BCUT2D eigenvalue weighted by atomic mass is 9.85. The van der Waals surface area contributed by atoms with Crippen LogP contribution in [-0.4, -0.2) is 28.0 Å². The Labute approximate surface area is 121 Å². The van der Waals surface area contributed by atoms with E-state index in [1.165, 1.54) is 19.0 Å². The van der Waals surface area contributed by atoms with Crippen molar-refractivity contribution in [2.45, 2.75) is 31.8 Å². The number of carbonyl (C=O) groups excluding carboxylic acids is 1. The average molecular weight is 288 g/mol. The molecule has 1 amide bonds. The number of nitrogens with zero attached hydrogens (tertiary/aromatic N) is 3. The Morgan fingerprint density at radius 3 is 3.05 bits per heavy atom. The zero-order chi connectivity index (χ0) is 14.7. The Balaban J connectivity index is 1.67. The quantitative estimate of drug-likeness (QED) is 0.906. The van der Waals surface area contributed by atoms with E-state index in [0.29, 0.717) is 29.9 Å². The number of methoxy groups -OCH3 is 1. The van der Waals surface area contributed by atoms with E-state index in [0.717, 1.165) is 12.8 Å². The summed E-state index contributed by atoms with van der Waals surface area (Å²) in [7, 11) is 1.58. The van der Waals surface area contributed by atoms with E-state index in [1.54, 1.807) is 13.2 Å². The van der Waals surface area contributed by atoms with Crippen LogP contribution in [0.5, 0.6) is 0 Å². The second kappa shape index (κ2) is 6.01. The first-order valence-electron chi connectivity index (χ1n) is 6.83.